The Hall–Kier alpha value is -3.47. The number of hydrogen-bond donors (Lipinski definition) is 1. The van der Waals surface area contributed by atoms with Gasteiger partial charge in [-0.05, 0) is 56.5 Å². The lowest BCUT2D eigenvalue weighted by Gasteiger charge is -2.33. The van der Waals surface area contributed by atoms with E-state index in [0.717, 1.165) is 16.3 Å². The third kappa shape index (κ3) is 6.89. The Kier molecular flexibility index (Phi) is 9.84. The van der Waals surface area contributed by atoms with E-state index in [1.54, 1.807) is 37.4 Å². The molecule has 0 fully saturated rings. The number of sulfonamides is 1. The van der Waals surface area contributed by atoms with Crippen LogP contribution in [-0.4, -0.2) is 63.4 Å². The second-order valence-corrected chi connectivity index (χ2v) is 11.2. The van der Waals surface area contributed by atoms with Gasteiger partial charge in [0.2, 0.25) is 28.6 Å². The quantitative estimate of drug-likeness (QED) is 0.409. The third-order valence-corrected chi connectivity index (χ3v) is 8.26. The van der Waals surface area contributed by atoms with Crippen molar-refractivity contribution in [1.82, 2.24) is 10.2 Å². The molecule has 1 aliphatic rings. The fourth-order valence-electron chi connectivity index (χ4n) is 4.05. The Bertz CT molecular complexity index is 1220. The average Bonchev–Trinajstić information content (AvgIpc) is 3.39. The molecule has 0 spiro atoms. The highest BCUT2D eigenvalue weighted by molar-refractivity contribution is 7.92. The maximum Gasteiger partial charge on any atom is 0.244 e. The summed E-state index contributed by atoms with van der Waals surface area (Å²) in [6.45, 7) is 6.89. The van der Waals surface area contributed by atoms with Crippen molar-refractivity contribution in [2.75, 3.05) is 30.5 Å². The highest BCUT2D eigenvalue weighted by Crippen LogP contribution is 2.36. The molecule has 2 aromatic carbocycles. The summed E-state index contributed by atoms with van der Waals surface area (Å²) >= 11 is 0. The lowest BCUT2D eigenvalue weighted by atomic mass is 10.1. The van der Waals surface area contributed by atoms with E-state index in [1.165, 1.54) is 11.8 Å². The van der Waals surface area contributed by atoms with Gasteiger partial charge in [-0.25, -0.2) is 8.42 Å². The first-order chi connectivity index (χ1) is 18.1. The van der Waals surface area contributed by atoms with Crippen molar-refractivity contribution in [3.05, 3.63) is 48.0 Å². The molecule has 1 aliphatic heterocycles. The van der Waals surface area contributed by atoms with Crippen molar-refractivity contribution >= 4 is 27.5 Å². The van der Waals surface area contributed by atoms with Gasteiger partial charge in [0.05, 0.1) is 18.6 Å². The van der Waals surface area contributed by atoms with Crippen LogP contribution in [0.15, 0.2) is 42.5 Å². The molecule has 2 atom stereocenters. The summed E-state index contributed by atoms with van der Waals surface area (Å²) in [6, 6.07) is 11.1. The van der Waals surface area contributed by atoms with Crippen molar-refractivity contribution < 1.29 is 32.2 Å². The summed E-state index contributed by atoms with van der Waals surface area (Å²) in [4.78, 5) is 28.5. The Morgan fingerprint density at radius 1 is 1.03 bits per heavy atom. The largest absolute Gasteiger partial charge is 0.497 e. The van der Waals surface area contributed by atoms with E-state index in [1.807, 2.05) is 32.9 Å². The fourth-order valence-corrected chi connectivity index (χ4v) is 5.10. The first kappa shape index (κ1) is 29.1. The minimum Gasteiger partial charge on any atom is -0.497 e. The van der Waals surface area contributed by atoms with E-state index in [9.17, 15) is 18.0 Å². The molecule has 0 bridgehead atoms. The monoisotopic (exact) mass is 547 g/mol. The van der Waals surface area contributed by atoms with Gasteiger partial charge < -0.3 is 24.4 Å². The first-order valence-electron chi connectivity index (χ1n) is 12.8. The van der Waals surface area contributed by atoms with E-state index in [0.29, 0.717) is 23.7 Å². The number of methoxy groups -OCH3 is 1. The molecule has 3 rings (SSSR count). The molecule has 2 aromatic rings. The Morgan fingerprint density at radius 3 is 2.32 bits per heavy atom. The Balaban J connectivity index is 1.97. The van der Waals surface area contributed by atoms with Crippen molar-refractivity contribution in [1.29, 1.82) is 0 Å². The number of hydrogen-bond acceptors (Lipinski definition) is 7. The molecular formula is C27H37N3O7S. The minimum absolute atomic E-state index is 0.0390. The number of benzene rings is 2. The van der Waals surface area contributed by atoms with Crippen LogP contribution >= 0.6 is 0 Å². The van der Waals surface area contributed by atoms with Gasteiger partial charge in [-0.3, -0.25) is 13.9 Å². The van der Waals surface area contributed by atoms with Gasteiger partial charge in [-0.15, -0.1) is 0 Å². The van der Waals surface area contributed by atoms with Crippen LogP contribution in [-0.2, 0) is 26.2 Å². The molecule has 10 nitrogen and oxygen atoms in total. The van der Waals surface area contributed by atoms with E-state index in [4.69, 9.17) is 14.2 Å². The maximum atomic E-state index is 13.9. The minimum atomic E-state index is -3.84. The number of carbonyl (C=O) groups excluding carboxylic acids is 2. The Labute approximate surface area is 224 Å². The highest BCUT2D eigenvalue weighted by Gasteiger charge is 2.33. The summed E-state index contributed by atoms with van der Waals surface area (Å²) < 4.78 is 43.3. The van der Waals surface area contributed by atoms with Gasteiger partial charge in [0, 0.05) is 18.7 Å². The molecule has 0 unspecified atom stereocenters. The third-order valence-electron chi connectivity index (χ3n) is 6.52. The lowest BCUT2D eigenvalue weighted by Crippen LogP contribution is -2.53. The number of anilines is 1. The number of nitrogens with zero attached hydrogens (tertiary/aromatic N) is 2. The van der Waals surface area contributed by atoms with Crippen LogP contribution < -0.4 is 23.8 Å². The molecule has 0 radical (unpaired) electrons. The predicted octanol–water partition coefficient (Wildman–Crippen LogP) is 3.30. The van der Waals surface area contributed by atoms with Crippen LogP contribution in [0.25, 0.3) is 0 Å². The molecule has 0 aromatic heterocycles. The average molecular weight is 548 g/mol. The van der Waals surface area contributed by atoms with E-state index in [2.05, 4.69) is 5.32 Å². The summed E-state index contributed by atoms with van der Waals surface area (Å²) in [7, 11) is -2.28. The molecule has 2 amide bonds. The predicted molar refractivity (Wildman–Crippen MR) is 145 cm³/mol. The van der Waals surface area contributed by atoms with Crippen LogP contribution in [0.5, 0.6) is 17.2 Å². The standard InChI is InChI=1S/C27H37N3O7S/c1-6-19(4)28-27(32)23(7-2)29(16-20-9-12-22(35-5)13-10-20)26(31)17-30(38(33,34)8-3)21-11-14-24-25(15-21)37-18-36-24/h9-15,19,23H,6-8,16-18H2,1-5H3,(H,28,32)/t19-,23-/m1/s1. The SMILES string of the molecule is CC[C@@H](C)NC(=O)[C@@H](CC)N(Cc1ccc(OC)cc1)C(=O)CN(c1ccc2c(c1)OCO2)S(=O)(=O)CC. The number of ether oxygens (including phenoxy) is 3. The number of amides is 2. The molecule has 208 valence electrons. The van der Waals surface area contributed by atoms with Gasteiger partial charge in [-0.1, -0.05) is 26.0 Å². The van der Waals surface area contributed by atoms with E-state index in [-0.39, 0.29) is 36.7 Å². The zero-order valence-electron chi connectivity index (χ0n) is 22.6. The van der Waals surface area contributed by atoms with Crippen LogP contribution in [0.4, 0.5) is 5.69 Å². The molecule has 0 aliphatic carbocycles. The maximum absolute atomic E-state index is 13.9. The summed E-state index contributed by atoms with van der Waals surface area (Å²) in [5.41, 5.74) is 1.06. The smallest absolute Gasteiger partial charge is 0.244 e. The number of nitrogens with one attached hydrogen (secondary N) is 1. The Morgan fingerprint density at radius 2 is 1.71 bits per heavy atom. The van der Waals surface area contributed by atoms with Crippen molar-refractivity contribution in [3.63, 3.8) is 0 Å². The topological polar surface area (TPSA) is 114 Å². The van der Waals surface area contributed by atoms with Crippen LogP contribution in [0.3, 0.4) is 0 Å². The molecule has 38 heavy (non-hydrogen) atoms. The molecule has 0 saturated carbocycles. The van der Waals surface area contributed by atoms with Crippen molar-refractivity contribution in [2.45, 2.75) is 59.2 Å². The van der Waals surface area contributed by atoms with Gasteiger partial charge >= 0.3 is 0 Å². The zero-order chi connectivity index (χ0) is 27.9. The zero-order valence-corrected chi connectivity index (χ0v) is 23.4. The normalized spacial score (nSPS) is 13.9. The summed E-state index contributed by atoms with van der Waals surface area (Å²) in [5, 5.41) is 2.96. The number of rotatable bonds is 13. The summed E-state index contributed by atoms with van der Waals surface area (Å²) in [5.74, 6) is 0.580. The van der Waals surface area contributed by atoms with Crippen LogP contribution in [0.2, 0.25) is 0 Å². The fraction of sp³-hybridized carbons (Fsp3) is 0.481. The van der Waals surface area contributed by atoms with Gasteiger partial charge in [0.25, 0.3) is 0 Å². The van der Waals surface area contributed by atoms with Gasteiger partial charge in [0.1, 0.15) is 18.3 Å². The second-order valence-electron chi connectivity index (χ2n) is 9.06. The molecule has 0 saturated heterocycles. The molecule has 1 N–H and O–H groups in total. The molecular weight excluding hydrogens is 510 g/mol. The molecule has 11 heteroatoms. The van der Waals surface area contributed by atoms with Crippen molar-refractivity contribution in [3.8, 4) is 17.2 Å². The van der Waals surface area contributed by atoms with Gasteiger partial charge in [0.15, 0.2) is 11.5 Å². The highest BCUT2D eigenvalue weighted by atomic mass is 32.2. The van der Waals surface area contributed by atoms with E-state index >= 15 is 0 Å². The van der Waals surface area contributed by atoms with Gasteiger partial charge in [-0.2, -0.15) is 0 Å². The van der Waals surface area contributed by atoms with Crippen LogP contribution in [0, 0.1) is 0 Å². The second kappa shape index (κ2) is 12.9. The lowest BCUT2D eigenvalue weighted by molar-refractivity contribution is -0.140. The number of fused-ring (bicyclic) bond motifs is 1. The molecule has 1 heterocycles. The summed E-state index contributed by atoms with van der Waals surface area (Å²) in [6.07, 6.45) is 1.09. The van der Waals surface area contributed by atoms with E-state index < -0.39 is 28.5 Å². The number of carbonyl (C=O) groups is 2. The first-order valence-corrected chi connectivity index (χ1v) is 14.4. The van der Waals surface area contributed by atoms with Crippen molar-refractivity contribution in [2.24, 2.45) is 0 Å². The van der Waals surface area contributed by atoms with Crippen LogP contribution in [0.1, 0.15) is 46.1 Å².